The molecule has 6 heteroatoms. The van der Waals surface area contributed by atoms with Gasteiger partial charge in [-0.2, -0.15) is 0 Å². The molecule has 3 aliphatic rings. The first-order valence-corrected chi connectivity index (χ1v) is 13.7. The number of nitrogens with zero attached hydrogens (tertiary/aromatic N) is 3. The summed E-state index contributed by atoms with van der Waals surface area (Å²) in [5.41, 5.74) is 5.31. The molecule has 0 radical (unpaired) electrons. The van der Waals surface area contributed by atoms with Gasteiger partial charge in [-0.1, -0.05) is 49.6 Å². The van der Waals surface area contributed by atoms with E-state index in [1.807, 2.05) is 17.9 Å². The van der Waals surface area contributed by atoms with Gasteiger partial charge in [-0.25, -0.2) is 4.79 Å². The Morgan fingerprint density at radius 1 is 0.944 bits per heavy atom. The Balaban J connectivity index is 1.47. The fraction of sp³-hybridized carbons (Fsp3) is 0.533. The van der Waals surface area contributed by atoms with Gasteiger partial charge in [-0.3, -0.25) is 14.6 Å². The molecule has 5 rings (SSSR count). The molecular weight excluding hydrogens is 450 g/mol. The second-order valence-electron chi connectivity index (χ2n) is 10.9. The Morgan fingerprint density at radius 2 is 1.61 bits per heavy atom. The van der Waals surface area contributed by atoms with Gasteiger partial charge < -0.3 is 10.0 Å². The average Bonchev–Trinajstić information content (AvgIpc) is 3.39. The molecule has 0 spiro atoms. The van der Waals surface area contributed by atoms with E-state index in [9.17, 15) is 14.7 Å². The van der Waals surface area contributed by atoms with Gasteiger partial charge in [0.05, 0.1) is 6.04 Å². The molecule has 6 nitrogen and oxygen atoms in total. The van der Waals surface area contributed by atoms with Crippen LogP contribution in [0.2, 0.25) is 0 Å². The SMILES string of the molecule is CC(=O)N1c2ccc(-c3ccc(CN4CCCCC4)cc3)cc2[C@@H](N(C(=O)O)C2CCCC2)C[C@H]1C. The van der Waals surface area contributed by atoms with E-state index < -0.39 is 6.09 Å². The summed E-state index contributed by atoms with van der Waals surface area (Å²) < 4.78 is 0. The fourth-order valence-electron chi connectivity index (χ4n) is 6.66. The van der Waals surface area contributed by atoms with Gasteiger partial charge in [0.2, 0.25) is 5.91 Å². The lowest BCUT2D eigenvalue weighted by molar-refractivity contribution is -0.117. The highest BCUT2D eigenvalue weighted by atomic mass is 16.4. The van der Waals surface area contributed by atoms with Crippen LogP contribution in [-0.4, -0.2) is 52.1 Å². The first kappa shape index (κ1) is 24.8. The molecular formula is C30H39N3O3. The Kier molecular flexibility index (Phi) is 7.33. The van der Waals surface area contributed by atoms with Crippen LogP contribution >= 0.6 is 0 Å². The molecule has 2 heterocycles. The van der Waals surface area contributed by atoms with Crippen molar-refractivity contribution < 1.29 is 14.7 Å². The molecule has 2 aliphatic heterocycles. The molecule has 1 N–H and O–H groups in total. The summed E-state index contributed by atoms with van der Waals surface area (Å²) in [6, 6.07) is 14.8. The number of benzene rings is 2. The quantitative estimate of drug-likeness (QED) is 0.524. The maximum atomic E-state index is 12.6. The van der Waals surface area contributed by atoms with E-state index in [1.54, 1.807) is 11.8 Å². The predicted octanol–water partition coefficient (Wildman–Crippen LogP) is 6.45. The minimum atomic E-state index is -0.853. The summed E-state index contributed by atoms with van der Waals surface area (Å²) in [7, 11) is 0. The molecule has 36 heavy (non-hydrogen) atoms. The van der Waals surface area contributed by atoms with Crippen LogP contribution < -0.4 is 4.90 Å². The van der Waals surface area contributed by atoms with Crippen LogP contribution in [0, 0.1) is 0 Å². The second kappa shape index (κ2) is 10.6. The van der Waals surface area contributed by atoms with Crippen molar-refractivity contribution in [2.45, 2.75) is 89.9 Å². The van der Waals surface area contributed by atoms with E-state index in [1.165, 1.54) is 37.9 Å². The summed E-state index contributed by atoms with van der Waals surface area (Å²) in [6.45, 7) is 6.98. The number of hydrogen-bond acceptors (Lipinski definition) is 3. The molecule has 2 aromatic rings. The minimum absolute atomic E-state index is 0.000225. The van der Waals surface area contributed by atoms with Crippen molar-refractivity contribution in [3.8, 4) is 11.1 Å². The highest BCUT2D eigenvalue weighted by Crippen LogP contribution is 2.44. The van der Waals surface area contributed by atoms with E-state index in [2.05, 4.69) is 41.3 Å². The number of carbonyl (C=O) groups is 2. The average molecular weight is 490 g/mol. The number of piperidine rings is 1. The van der Waals surface area contributed by atoms with Gasteiger partial charge in [-0.05, 0) is 86.5 Å². The summed E-state index contributed by atoms with van der Waals surface area (Å²) in [5.74, 6) is -0.000225. The largest absolute Gasteiger partial charge is 0.465 e. The number of carboxylic acid groups (broad SMARTS) is 1. The normalized spacial score (nSPS) is 22.9. The highest BCUT2D eigenvalue weighted by molar-refractivity contribution is 5.94. The van der Waals surface area contributed by atoms with Crippen molar-refractivity contribution in [1.82, 2.24) is 9.80 Å². The van der Waals surface area contributed by atoms with E-state index in [0.29, 0.717) is 6.42 Å². The highest BCUT2D eigenvalue weighted by Gasteiger charge is 2.40. The minimum Gasteiger partial charge on any atom is -0.465 e. The molecule has 0 bridgehead atoms. The molecule has 2 aromatic carbocycles. The topological polar surface area (TPSA) is 64.1 Å². The first-order valence-electron chi connectivity index (χ1n) is 13.7. The molecule has 2 atom stereocenters. The van der Waals surface area contributed by atoms with Crippen LogP contribution in [0.4, 0.5) is 10.5 Å². The van der Waals surface area contributed by atoms with Crippen LogP contribution in [0.15, 0.2) is 42.5 Å². The van der Waals surface area contributed by atoms with Crippen LogP contribution in [0.1, 0.15) is 82.4 Å². The Morgan fingerprint density at radius 3 is 2.25 bits per heavy atom. The summed E-state index contributed by atoms with van der Waals surface area (Å²) in [4.78, 5) is 31.2. The van der Waals surface area contributed by atoms with E-state index in [-0.39, 0.29) is 24.0 Å². The number of hydrogen-bond donors (Lipinski definition) is 1. The number of carbonyl (C=O) groups excluding carboxylic acids is 1. The third kappa shape index (κ3) is 5.01. The van der Waals surface area contributed by atoms with Gasteiger partial charge >= 0.3 is 6.09 Å². The van der Waals surface area contributed by atoms with Crippen molar-refractivity contribution in [2.24, 2.45) is 0 Å². The number of amides is 2. The lowest BCUT2D eigenvalue weighted by Gasteiger charge is -2.44. The number of rotatable bonds is 5. The number of likely N-dealkylation sites (tertiary alicyclic amines) is 1. The van der Waals surface area contributed by atoms with E-state index >= 15 is 0 Å². The second-order valence-corrected chi connectivity index (χ2v) is 10.9. The number of anilines is 1. The smallest absolute Gasteiger partial charge is 0.408 e. The van der Waals surface area contributed by atoms with Crippen molar-refractivity contribution >= 4 is 17.7 Å². The van der Waals surface area contributed by atoms with Crippen molar-refractivity contribution in [3.63, 3.8) is 0 Å². The third-order valence-corrected chi connectivity index (χ3v) is 8.41. The van der Waals surface area contributed by atoms with E-state index in [0.717, 1.165) is 54.6 Å². The predicted molar refractivity (Wildman–Crippen MR) is 143 cm³/mol. The Labute approximate surface area is 214 Å². The van der Waals surface area contributed by atoms with Crippen LogP contribution in [0.3, 0.4) is 0 Å². The van der Waals surface area contributed by atoms with Gasteiger partial charge in [0.15, 0.2) is 0 Å². The van der Waals surface area contributed by atoms with Crippen LogP contribution in [0.5, 0.6) is 0 Å². The van der Waals surface area contributed by atoms with Crippen molar-refractivity contribution in [2.75, 3.05) is 18.0 Å². The Bertz CT molecular complexity index is 1090. The molecule has 1 saturated carbocycles. The molecule has 0 unspecified atom stereocenters. The Hall–Kier alpha value is -2.86. The lowest BCUT2D eigenvalue weighted by Crippen LogP contribution is -2.49. The molecule has 1 aliphatic carbocycles. The first-order chi connectivity index (χ1) is 17.4. The zero-order valence-corrected chi connectivity index (χ0v) is 21.7. The third-order valence-electron chi connectivity index (χ3n) is 8.41. The summed E-state index contributed by atoms with van der Waals surface area (Å²) in [6.07, 6.45) is 7.68. The van der Waals surface area contributed by atoms with E-state index in [4.69, 9.17) is 0 Å². The van der Waals surface area contributed by atoms with Crippen molar-refractivity contribution in [1.29, 1.82) is 0 Å². The molecule has 192 valence electrons. The van der Waals surface area contributed by atoms with Crippen molar-refractivity contribution in [3.05, 3.63) is 53.6 Å². The van der Waals surface area contributed by atoms with Gasteiger partial charge in [0.1, 0.15) is 0 Å². The van der Waals surface area contributed by atoms with Crippen LogP contribution in [-0.2, 0) is 11.3 Å². The van der Waals surface area contributed by atoms with Gasteiger partial charge in [0.25, 0.3) is 0 Å². The molecule has 2 amide bonds. The van der Waals surface area contributed by atoms with Gasteiger partial charge in [-0.15, -0.1) is 0 Å². The molecule has 0 aromatic heterocycles. The van der Waals surface area contributed by atoms with Gasteiger partial charge in [0, 0.05) is 31.2 Å². The fourth-order valence-corrected chi connectivity index (χ4v) is 6.66. The maximum absolute atomic E-state index is 12.6. The summed E-state index contributed by atoms with van der Waals surface area (Å²) >= 11 is 0. The zero-order valence-electron chi connectivity index (χ0n) is 21.7. The number of fused-ring (bicyclic) bond motifs is 1. The maximum Gasteiger partial charge on any atom is 0.408 e. The van der Waals surface area contributed by atoms with Crippen LogP contribution in [0.25, 0.3) is 11.1 Å². The summed E-state index contributed by atoms with van der Waals surface area (Å²) in [5, 5.41) is 10.3. The molecule has 2 fully saturated rings. The lowest BCUT2D eigenvalue weighted by atomic mass is 9.87. The zero-order chi connectivity index (χ0) is 25.2. The standard InChI is InChI=1S/C30H39N3O3/c1-21-18-29(33(30(35)36)26-8-4-5-9-26)27-19-25(14-15-28(27)32(21)22(2)34)24-12-10-23(11-13-24)20-31-16-6-3-7-17-31/h10-15,19,21,26,29H,3-9,16-18,20H2,1-2H3,(H,35,36)/t21-,29+/m1/s1. The molecule has 1 saturated heterocycles. The monoisotopic (exact) mass is 489 g/mol.